The predicted octanol–water partition coefficient (Wildman–Crippen LogP) is -0.595. The second-order valence-electron chi connectivity index (χ2n) is 4.07. The summed E-state index contributed by atoms with van der Waals surface area (Å²) in [5, 5.41) is 5.87. The first-order valence-electron chi connectivity index (χ1n) is 5.54. The van der Waals surface area contributed by atoms with Crippen LogP contribution >= 0.6 is 0 Å². The Morgan fingerprint density at radius 2 is 2.28 bits per heavy atom. The number of hydrogen-bond donors (Lipinski definition) is 1. The molecule has 7 heteroatoms. The summed E-state index contributed by atoms with van der Waals surface area (Å²) >= 11 is 0. The zero-order valence-corrected chi connectivity index (χ0v) is 9.88. The van der Waals surface area contributed by atoms with Gasteiger partial charge in [0.2, 0.25) is 0 Å². The third-order valence-electron chi connectivity index (χ3n) is 2.91. The van der Waals surface area contributed by atoms with E-state index in [4.69, 9.17) is 0 Å². The Balaban J connectivity index is 2.05. The molecule has 1 aliphatic rings. The lowest BCUT2D eigenvalue weighted by Crippen LogP contribution is -2.31. The summed E-state index contributed by atoms with van der Waals surface area (Å²) in [5.41, 5.74) is -0.194. The molecule has 96 valence electrons. The maximum absolute atomic E-state index is 12.0. The lowest BCUT2D eigenvalue weighted by Gasteiger charge is -2.14. The smallest absolute Gasteiger partial charge is 0.310 e. The molecule has 18 heavy (non-hydrogen) atoms. The molecule has 1 saturated heterocycles. The minimum Gasteiger partial charge on any atom is -0.469 e. The first-order valence-corrected chi connectivity index (χ1v) is 5.54. The van der Waals surface area contributed by atoms with Gasteiger partial charge in [-0.1, -0.05) is 0 Å². The molecule has 2 rings (SSSR count). The fraction of sp³-hybridized carbons (Fsp3) is 0.455. The minimum atomic E-state index is -0.361. The van der Waals surface area contributed by atoms with E-state index in [0.717, 1.165) is 0 Å². The summed E-state index contributed by atoms with van der Waals surface area (Å²) in [7, 11) is 1.33. The van der Waals surface area contributed by atoms with Crippen LogP contribution in [0.1, 0.15) is 16.9 Å². The van der Waals surface area contributed by atoms with E-state index in [-0.39, 0.29) is 29.0 Å². The van der Waals surface area contributed by atoms with Gasteiger partial charge in [0, 0.05) is 19.2 Å². The molecule has 1 N–H and O–H groups in total. The topological polar surface area (TPSA) is 92.4 Å². The average molecular weight is 251 g/mol. The van der Waals surface area contributed by atoms with E-state index in [1.54, 1.807) is 0 Å². The van der Waals surface area contributed by atoms with Crippen LogP contribution in [0.3, 0.4) is 0 Å². The Hall–Kier alpha value is -2.18. The van der Waals surface area contributed by atoms with Gasteiger partial charge < -0.3 is 9.64 Å². The van der Waals surface area contributed by atoms with Gasteiger partial charge in [-0.2, -0.15) is 5.10 Å². The first kappa shape index (κ1) is 12.3. The number of aromatic amines is 1. The third kappa shape index (κ3) is 2.39. The number of amides is 1. The van der Waals surface area contributed by atoms with Crippen LogP contribution in [0.5, 0.6) is 0 Å². The lowest BCUT2D eigenvalue weighted by molar-refractivity contribution is -0.144. The van der Waals surface area contributed by atoms with Crippen LogP contribution < -0.4 is 5.56 Å². The summed E-state index contributed by atoms with van der Waals surface area (Å²) in [5.74, 6) is -0.876. The first-order chi connectivity index (χ1) is 8.61. The molecule has 0 aromatic carbocycles. The van der Waals surface area contributed by atoms with E-state index in [2.05, 4.69) is 14.9 Å². The van der Waals surface area contributed by atoms with Crippen molar-refractivity contribution in [2.75, 3.05) is 20.2 Å². The summed E-state index contributed by atoms with van der Waals surface area (Å²) in [6, 6.07) is 2.61. The van der Waals surface area contributed by atoms with E-state index in [1.807, 2.05) is 0 Å². The molecule has 1 aromatic heterocycles. The van der Waals surface area contributed by atoms with Gasteiger partial charge >= 0.3 is 5.97 Å². The molecule has 1 amide bonds. The number of likely N-dealkylation sites (tertiary alicyclic amines) is 1. The number of esters is 1. The highest BCUT2D eigenvalue weighted by Gasteiger charge is 2.32. The van der Waals surface area contributed by atoms with E-state index in [1.165, 1.54) is 24.1 Å². The van der Waals surface area contributed by atoms with Crippen molar-refractivity contribution in [1.82, 2.24) is 15.1 Å². The number of carbonyl (C=O) groups excluding carboxylic acids is 2. The standard InChI is InChI=1S/C11H13N3O4/c1-18-11(17)7-4-5-14(6-7)10(16)8-2-3-9(15)13-12-8/h2-3,7H,4-6H2,1H3,(H,13,15). The molecule has 1 fully saturated rings. The Bertz CT molecular complexity index is 505. The molecule has 7 nitrogen and oxygen atoms in total. The van der Waals surface area contributed by atoms with Crippen molar-refractivity contribution >= 4 is 11.9 Å². The van der Waals surface area contributed by atoms with Gasteiger partial charge in [-0.25, -0.2) is 5.10 Å². The molecule has 1 atom stereocenters. The van der Waals surface area contributed by atoms with Crippen molar-refractivity contribution in [2.45, 2.75) is 6.42 Å². The highest BCUT2D eigenvalue weighted by atomic mass is 16.5. The predicted molar refractivity (Wildman–Crippen MR) is 60.9 cm³/mol. The monoisotopic (exact) mass is 251 g/mol. The number of nitrogens with one attached hydrogen (secondary N) is 1. The molecule has 2 heterocycles. The molecule has 0 spiro atoms. The van der Waals surface area contributed by atoms with Crippen molar-refractivity contribution in [3.8, 4) is 0 Å². The van der Waals surface area contributed by atoms with Crippen LogP contribution in [0, 0.1) is 5.92 Å². The second-order valence-corrected chi connectivity index (χ2v) is 4.07. The van der Waals surface area contributed by atoms with Crippen molar-refractivity contribution in [1.29, 1.82) is 0 Å². The van der Waals surface area contributed by atoms with E-state index >= 15 is 0 Å². The molecular formula is C11H13N3O4. The van der Waals surface area contributed by atoms with Gasteiger partial charge in [0.25, 0.3) is 11.5 Å². The number of H-pyrrole nitrogens is 1. The van der Waals surface area contributed by atoms with Crippen LogP contribution in [0.25, 0.3) is 0 Å². The molecule has 1 unspecified atom stereocenters. The van der Waals surface area contributed by atoms with Crippen molar-refractivity contribution in [3.63, 3.8) is 0 Å². The molecule has 0 radical (unpaired) electrons. The second kappa shape index (κ2) is 4.99. The fourth-order valence-corrected chi connectivity index (χ4v) is 1.93. The molecular weight excluding hydrogens is 238 g/mol. The number of nitrogens with zero attached hydrogens (tertiary/aromatic N) is 2. The molecule has 1 aromatic rings. The number of hydrogen-bond acceptors (Lipinski definition) is 5. The van der Waals surface area contributed by atoms with Crippen LogP contribution in [0.2, 0.25) is 0 Å². The lowest BCUT2D eigenvalue weighted by atomic mass is 10.1. The Labute approximate surface area is 103 Å². The van der Waals surface area contributed by atoms with Crippen LogP contribution in [0.15, 0.2) is 16.9 Å². The Morgan fingerprint density at radius 1 is 1.50 bits per heavy atom. The maximum Gasteiger partial charge on any atom is 0.310 e. The maximum atomic E-state index is 12.0. The van der Waals surface area contributed by atoms with E-state index in [9.17, 15) is 14.4 Å². The highest BCUT2D eigenvalue weighted by Crippen LogP contribution is 2.18. The molecule has 1 aliphatic heterocycles. The number of ether oxygens (including phenoxy) is 1. The summed E-state index contributed by atoms with van der Waals surface area (Å²) < 4.78 is 4.64. The quantitative estimate of drug-likeness (QED) is 0.709. The highest BCUT2D eigenvalue weighted by molar-refractivity contribution is 5.92. The Kier molecular flexibility index (Phi) is 3.40. The average Bonchev–Trinajstić information content (AvgIpc) is 2.87. The summed E-state index contributed by atoms with van der Waals surface area (Å²) in [4.78, 5) is 35.7. The number of rotatable bonds is 2. The van der Waals surface area contributed by atoms with Crippen LogP contribution in [0.4, 0.5) is 0 Å². The van der Waals surface area contributed by atoms with E-state index < -0.39 is 0 Å². The van der Waals surface area contributed by atoms with Crippen molar-refractivity contribution < 1.29 is 14.3 Å². The molecule has 0 bridgehead atoms. The number of aromatic nitrogens is 2. The van der Waals surface area contributed by atoms with Crippen LogP contribution in [-0.4, -0.2) is 47.2 Å². The Morgan fingerprint density at radius 3 is 2.89 bits per heavy atom. The van der Waals surface area contributed by atoms with Gasteiger partial charge in [-0.15, -0.1) is 0 Å². The zero-order chi connectivity index (χ0) is 13.1. The SMILES string of the molecule is COC(=O)C1CCN(C(=O)c2ccc(=O)[nH]n2)C1. The fourth-order valence-electron chi connectivity index (χ4n) is 1.93. The van der Waals surface area contributed by atoms with Crippen molar-refractivity contribution in [3.05, 3.63) is 28.2 Å². The van der Waals surface area contributed by atoms with Gasteiger partial charge in [0.15, 0.2) is 0 Å². The van der Waals surface area contributed by atoms with Gasteiger partial charge in [-0.3, -0.25) is 14.4 Å². The van der Waals surface area contributed by atoms with Crippen LogP contribution in [-0.2, 0) is 9.53 Å². The molecule has 0 saturated carbocycles. The summed E-state index contributed by atoms with van der Waals surface area (Å²) in [6.45, 7) is 0.811. The zero-order valence-electron chi connectivity index (χ0n) is 9.88. The third-order valence-corrected chi connectivity index (χ3v) is 2.91. The molecule has 0 aliphatic carbocycles. The van der Waals surface area contributed by atoms with Crippen molar-refractivity contribution in [2.24, 2.45) is 5.92 Å². The largest absolute Gasteiger partial charge is 0.469 e. The van der Waals surface area contributed by atoms with E-state index in [0.29, 0.717) is 19.5 Å². The normalized spacial score (nSPS) is 18.7. The van der Waals surface area contributed by atoms with Gasteiger partial charge in [-0.05, 0) is 12.5 Å². The number of carbonyl (C=O) groups is 2. The van der Waals surface area contributed by atoms with Gasteiger partial charge in [0.1, 0.15) is 5.69 Å². The summed E-state index contributed by atoms with van der Waals surface area (Å²) in [6.07, 6.45) is 0.585. The van der Waals surface area contributed by atoms with Gasteiger partial charge in [0.05, 0.1) is 13.0 Å². The minimum absolute atomic E-state index is 0.167. The number of methoxy groups -OCH3 is 1.